The zero-order valence-corrected chi connectivity index (χ0v) is 15.5. The van der Waals surface area contributed by atoms with Crippen LogP contribution in [0.15, 0.2) is 52.0 Å². The average Bonchev–Trinajstić information content (AvgIpc) is 3.08. The van der Waals surface area contributed by atoms with Crippen LogP contribution in [0.1, 0.15) is 36.9 Å². The SMILES string of the molecule is CCN(CC)S(=O)(=O)c1ccc(C(=O)NC(C)Cc2ccco2)cc1. The van der Waals surface area contributed by atoms with E-state index in [1.165, 1.54) is 28.6 Å². The molecule has 0 aliphatic rings. The van der Waals surface area contributed by atoms with Gasteiger partial charge in [-0.1, -0.05) is 13.8 Å². The summed E-state index contributed by atoms with van der Waals surface area (Å²) in [6, 6.07) is 9.57. The zero-order chi connectivity index (χ0) is 18.4. The maximum atomic E-state index is 12.4. The third-order valence-corrected chi connectivity index (χ3v) is 5.99. The molecular formula is C18H24N2O4S. The number of furan rings is 1. The summed E-state index contributed by atoms with van der Waals surface area (Å²) < 4.78 is 31.5. The topological polar surface area (TPSA) is 79.6 Å². The molecule has 1 amide bonds. The van der Waals surface area contributed by atoms with Crippen LogP contribution in [0.4, 0.5) is 0 Å². The monoisotopic (exact) mass is 364 g/mol. The van der Waals surface area contributed by atoms with Crippen molar-refractivity contribution in [2.45, 2.75) is 38.1 Å². The summed E-state index contributed by atoms with van der Waals surface area (Å²) in [5.74, 6) is 0.555. The first kappa shape index (κ1) is 19.2. The number of rotatable bonds is 8. The van der Waals surface area contributed by atoms with E-state index in [2.05, 4.69) is 5.32 Å². The first-order valence-corrected chi connectivity index (χ1v) is 9.76. The van der Waals surface area contributed by atoms with Gasteiger partial charge in [-0.05, 0) is 43.3 Å². The van der Waals surface area contributed by atoms with Crippen molar-refractivity contribution in [3.05, 3.63) is 54.0 Å². The molecule has 2 rings (SSSR count). The summed E-state index contributed by atoms with van der Waals surface area (Å²) >= 11 is 0. The van der Waals surface area contributed by atoms with E-state index in [1.807, 2.05) is 13.0 Å². The Bertz CT molecular complexity index is 779. The van der Waals surface area contributed by atoms with Gasteiger partial charge < -0.3 is 9.73 Å². The molecule has 0 spiro atoms. The summed E-state index contributed by atoms with van der Waals surface area (Å²) in [5, 5.41) is 2.88. The van der Waals surface area contributed by atoms with E-state index >= 15 is 0 Å². The van der Waals surface area contributed by atoms with Crippen molar-refractivity contribution in [2.24, 2.45) is 0 Å². The Labute approximate surface area is 148 Å². The van der Waals surface area contributed by atoms with Gasteiger partial charge in [-0.15, -0.1) is 0 Å². The lowest BCUT2D eigenvalue weighted by Gasteiger charge is -2.18. The maximum absolute atomic E-state index is 12.4. The number of benzene rings is 1. The second-order valence-electron chi connectivity index (χ2n) is 5.77. The van der Waals surface area contributed by atoms with E-state index in [4.69, 9.17) is 4.42 Å². The molecule has 0 fully saturated rings. The number of sulfonamides is 1. The lowest BCUT2D eigenvalue weighted by molar-refractivity contribution is 0.0939. The van der Waals surface area contributed by atoms with Crippen molar-refractivity contribution in [1.82, 2.24) is 9.62 Å². The Morgan fingerprint density at radius 3 is 2.32 bits per heavy atom. The van der Waals surface area contributed by atoms with Gasteiger partial charge in [-0.3, -0.25) is 4.79 Å². The summed E-state index contributed by atoms with van der Waals surface area (Å²) in [6.45, 7) is 6.29. The molecule has 6 nitrogen and oxygen atoms in total. The first-order valence-electron chi connectivity index (χ1n) is 8.32. The molecule has 0 saturated heterocycles. The molecular weight excluding hydrogens is 340 g/mol. The van der Waals surface area contributed by atoms with Crippen LogP contribution in [0.2, 0.25) is 0 Å². The van der Waals surface area contributed by atoms with Gasteiger partial charge in [0, 0.05) is 31.1 Å². The van der Waals surface area contributed by atoms with E-state index in [1.54, 1.807) is 26.2 Å². The number of carbonyl (C=O) groups is 1. The molecule has 0 aliphatic heterocycles. The fourth-order valence-electron chi connectivity index (χ4n) is 2.58. The highest BCUT2D eigenvalue weighted by Crippen LogP contribution is 2.16. The van der Waals surface area contributed by atoms with E-state index < -0.39 is 10.0 Å². The molecule has 1 unspecified atom stereocenters. The molecule has 25 heavy (non-hydrogen) atoms. The fraction of sp³-hybridized carbons (Fsp3) is 0.389. The number of nitrogens with zero attached hydrogens (tertiary/aromatic N) is 1. The Morgan fingerprint density at radius 1 is 1.16 bits per heavy atom. The first-order chi connectivity index (χ1) is 11.9. The lowest BCUT2D eigenvalue weighted by Crippen LogP contribution is -2.34. The van der Waals surface area contributed by atoms with Crippen LogP contribution >= 0.6 is 0 Å². The highest BCUT2D eigenvalue weighted by atomic mass is 32.2. The van der Waals surface area contributed by atoms with Crippen LogP contribution in [-0.4, -0.2) is 37.8 Å². The molecule has 2 aromatic rings. The number of hydrogen-bond donors (Lipinski definition) is 1. The van der Waals surface area contributed by atoms with Crippen molar-refractivity contribution >= 4 is 15.9 Å². The number of hydrogen-bond acceptors (Lipinski definition) is 4. The van der Waals surface area contributed by atoms with Crippen LogP contribution in [0.25, 0.3) is 0 Å². The van der Waals surface area contributed by atoms with Gasteiger partial charge in [0.25, 0.3) is 5.91 Å². The standard InChI is InChI=1S/C18H24N2O4S/c1-4-20(5-2)25(22,23)17-10-8-15(9-11-17)18(21)19-14(3)13-16-7-6-12-24-16/h6-12,14H,4-5,13H2,1-3H3,(H,19,21). The highest BCUT2D eigenvalue weighted by Gasteiger charge is 2.21. The van der Waals surface area contributed by atoms with E-state index in [0.717, 1.165) is 5.76 Å². The summed E-state index contributed by atoms with van der Waals surface area (Å²) in [4.78, 5) is 12.5. The minimum Gasteiger partial charge on any atom is -0.469 e. The Morgan fingerprint density at radius 2 is 1.80 bits per heavy atom. The molecule has 0 radical (unpaired) electrons. The van der Waals surface area contributed by atoms with Crippen LogP contribution in [0, 0.1) is 0 Å². The predicted octanol–water partition coefficient (Wildman–Crippen LogP) is 2.67. The normalized spacial score (nSPS) is 13.0. The number of nitrogens with one attached hydrogen (secondary N) is 1. The van der Waals surface area contributed by atoms with Crippen LogP contribution in [-0.2, 0) is 16.4 Å². The smallest absolute Gasteiger partial charge is 0.251 e. The van der Waals surface area contributed by atoms with Crippen LogP contribution in [0.3, 0.4) is 0 Å². The average molecular weight is 364 g/mol. The minimum atomic E-state index is -3.51. The molecule has 1 aromatic heterocycles. The Kier molecular flexibility index (Phi) is 6.39. The molecule has 1 atom stereocenters. The molecule has 0 aliphatic carbocycles. The lowest BCUT2D eigenvalue weighted by atomic mass is 10.1. The number of carbonyl (C=O) groups excluding carboxylic acids is 1. The quantitative estimate of drug-likeness (QED) is 0.781. The van der Waals surface area contributed by atoms with Crippen molar-refractivity contribution in [2.75, 3.05) is 13.1 Å². The molecule has 1 aromatic carbocycles. The van der Waals surface area contributed by atoms with Gasteiger partial charge in [0.05, 0.1) is 11.2 Å². The fourth-order valence-corrected chi connectivity index (χ4v) is 4.04. The molecule has 0 saturated carbocycles. The van der Waals surface area contributed by atoms with E-state index in [0.29, 0.717) is 25.1 Å². The molecule has 1 N–H and O–H groups in total. The Balaban J connectivity index is 2.05. The van der Waals surface area contributed by atoms with Gasteiger partial charge in [0.15, 0.2) is 0 Å². The van der Waals surface area contributed by atoms with Crippen molar-refractivity contribution in [3.63, 3.8) is 0 Å². The summed E-state index contributed by atoms with van der Waals surface area (Å²) in [5.41, 5.74) is 0.421. The van der Waals surface area contributed by atoms with Crippen LogP contribution in [0.5, 0.6) is 0 Å². The maximum Gasteiger partial charge on any atom is 0.251 e. The predicted molar refractivity (Wildman–Crippen MR) is 95.9 cm³/mol. The van der Waals surface area contributed by atoms with Gasteiger partial charge in [-0.25, -0.2) is 8.42 Å². The van der Waals surface area contributed by atoms with Crippen LogP contribution < -0.4 is 5.32 Å². The molecule has 0 bridgehead atoms. The van der Waals surface area contributed by atoms with Gasteiger partial charge >= 0.3 is 0 Å². The third-order valence-electron chi connectivity index (χ3n) is 3.92. The van der Waals surface area contributed by atoms with Crippen molar-refractivity contribution < 1.29 is 17.6 Å². The Hall–Kier alpha value is -2.12. The van der Waals surface area contributed by atoms with Gasteiger partial charge in [0.2, 0.25) is 10.0 Å². The largest absolute Gasteiger partial charge is 0.469 e. The highest BCUT2D eigenvalue weighted by molar-refractivity contribution is 7.89. The van der Waals surface area contributed by atoms with Gasteiger partial charge in [-0.2, -0.15) is 4.31 Å². The number of amides is 1. The molecule has 136 valence electrons. The molecule has 1 heterocycles. The van der Waals surface area contributed by atoms with E-state index in [9.17, 15) is 13.2 Å². The summed E-state index contributed by atoms with van der Waals surface area (Å²) in [6.07, 6.45) is 2.19. The molecule has 7 heteroatoms. The zero-order valence-electron chi connectivity index (χ0n) is 14.7. The second-order valence-corrected chi connectivity index (χ2v) is 7.71. The minimum absolute atomic E-state index is 0.0993. The van der Waals surface area contributed by atoms with E-state index in [-0.39, 0.29) is 16.8 Å². The van der Waals surface area contributed by atoms with Crippen molar-refractivity contribution in [3.8, 4) is 0 Å². The third kappa shape index (κ3) is 4.70. The van der Waals surface area contributed by atoms with Crippen molar-refractivity contribution in [1.29, 1.82) is 0 Å². The second kappa shape index (κ2) is 8.31. The summed E-state index contributed by atoms with van der Waals surface area (Å²) in [7, 11) is -3.51. The van der Waals surface area contributed by atoms with Gasteiger partial charge in [0.1, 0.15) is 5.76 Å².